The van der Waals surface area contributed by atoms with Crippen molar-refractivity contribution in [3.63, 3.8) is 0 Å². The molecule has 0 unspecified atom stereocenters. The average Bonchev–Trinajstić information content (AvgIpc) is 2.81. The fraction of sp³-hybridized carbons (Fsp3) is 0.417. The van der Waals surface area contributed by atoms with Gasteiger partial charge in [-0.05, 0) is 55.7 Å². The number of anilines is 1. The van der Waals surface area contributed by atoms with E-state index in [1.54, 1.807) is 41.3 Å². The fourth-order valence-electron chi connectivity index (χ4n) is 4.02. The zero-order valence-electron chi connectivity index (χ0n) is 18.1. The van der Waals surface area contributed by atoms with Gasteiger partial charge < -0.3 is 19.9 Å². The van der Waals surface area contributed by atoms with Crippen LogP contribution in [0.3, 0.4) is 0 Å². The summed E-state index contributed by atoms with van der Waals surface area (Å²) >= 11 is 0. The fourth-order valence-corrected chi connectivity index (χ4v) is 4.02. The van der Waals surface area contributed by atoms with Crippen LogP contribution in [0.2, 0.25) is 0 Å². The minimum absolute atomic E-state index is 0.161. The van der Waals surface area contributed by atoms with Gasteiger partial charge in [-0.3, -0.25) is 9.69 Å². The van der Waals surface area contributed by atoms with E-state index in [1.807, 2.05) is 4.90 Å². The number of piperazine rings is 1. The van der Waals surface area contributed by atoms with Gasteiger partial charge in [-0.2, -0.15) is 0 Å². The van der Waals surface area contributed by atoms with E-state index in [4.69, 9.17) is 4.74 Å². The number of halogens is 1. The number of ether oxygens (including phenoxy) is 1. The normalized spacial score (nSPS) is 17.2. The van der Waals surface area contributed by atoms with Gasteiger partial charge in [-0.25, -0.2) is 9.18 Å². The maximum absolute atomic E-state index is 13.3. The van der Waals surface area contributed by atoms with Crippen LogP contribution in [0.4, 0.5) is 14.9 Å². The molecule has 32 heavy (non-hydrogen) atoms. The highest BCUT2D eigenvalue weighted by atomic mass is 19.1. The molecule has 0 saturated carbocycles. The van der Waals surface area contributed by atoms with E-state index in [0.717, 1.165) is 25.9 Å². The molecule has 0 atom stereocenters. The van der Waals surface area contributed by atoms with Gasteiger partial charge in [0.25, 0.3) is 0 Å². The molecule has 0 radical (unpaired) electrons. The highest BCUT2D eigenvalue weighted by Gasteiger charge is 2.24. The molecule has 0 spiro atoms. The summed E-state index contributed by atoms with van der Waals surface area (Å²) in [5.74, 6) is 0.810. The highest BCUT2D eigenvalue weighted by molar-refractivity contribution is 5.89. The number of nitrogens with one attached hydrogen (secondary N) is 1. The monoisotopic (exact) mass is 440 g/mol. The van der Waals surface area contributed by atoms with Gasteiger partial charge in [0, 0.05) is 51.0 Å². The van der Waals surface area contributed by atoms with Crippen molar-refractivity contribution in [3.8, 4) is 11.5 Å². The van der Waals surface area contributed by atoms with Crippen LogP contribution >= 0.6 is 0 Å². The van der Waals surface area contributed by atoms with E-state index in [0.29, 0.717) is 49.9 Å². The van der Waals surface area contributed by atoms with Crippen LogP contribution in [0.5, 0.6) is 11.5 Å². The number of carbonyl (C=O) groups is 2. The summed E-state index contributed by atoms with van der Waals surface area (Å²) < 4.78 is 18.9. The number of benzene rings is 2. The van der Waals surface area contributed by atoms with Crippen molar-refractivity contribution in [2.24, 2.45) is 0 Å². The molecule has 7 nitrogen and oxygen atoms in total. The van der Waals surface area contributed by atoms with Gasteiger partial charge in [0.1, 0.15) is 17.3 Å². The highest BCUT2D eigenvalue weighted by Crippen LogP contribution is 2.23. The van der Waals surface area contributed by atoms with Crippen LogP contribution < -0.4 is 10.1 Å². The molecule has 2 aromatic carbocycles. The quantitative estimate of drug-likeness (QED) is 0.769. The van der Waals surface area contributed by atoms with E-state index in [9.17, 15) is 14.0 Å². The van der Waals surface area contributed by atoms with Crippen molar-refractivity contribution in [2.45, 2.75) is 19.3 Å². The third-order valence-electron chi connectivity index (χ3n) is 5.86. The summed E-state index contributed by atoms with van der Waals surface area (Å²) in [5.41, 5.74) is 0.657. The lowest BCUT2D eigenvalue weighted by Crippen LogP contribution is -2.52. The van der Waals surface area contributed by atoms with E-state index in [2.05, 4.69) is 10.2 Å². The Kier molecular flexibility index (Phi) is 7.21. The van der Waals surface area contributed by atoms with Crippen LogP contribution in [0, 0.1) is 5.82 Å². The Labute approximate surface area is 187 Å². The Morgan fingerprint density at radius 3 is 2.25 bits per heavy atom. The molecule has 170 valence electrons. The van der Waals surface area contributed by atoms with Crippen molar-refractivity contribution in [1.82, 2.24) is 14.7 Å². The lowest BCUT2D eigenvalue weighted by molar-refractivity contribution is -0.133. The molecular formula is C24H29FN4O3. The lowest BCUT2D eigenvalue weighted by atomic mass is 10.1. The Morgan fingerprint density at radius 1 is 0.844 bits per heavy atom. The van der Waals surface area contributed by atoms with Crippen molar-refractivity contribution in [3.05, 3.63) is 54.3 Å². The first-order valence-electron chi connectivity index (χ1n) is 11.2. The molecule has 0 aromatic heterocycles. The van der Waals surface area contributed by atoms with Crippen LogP contribution in [-0.4, -0.2) is 72.5 Å². The molecule has 8 heteroatoms. The third kappa shape index (κ3) is 5.97. The molecule has 2 saturated heterocycles. The molecule has 2 aliphatic heterocycles. The number of rotatable bonds is 5. The van der Waals surface area contributed by atoms with Crippen LogP contribution in [0.25, 0.3) is 0 Å². The van der Waals surface area contributed by atoms with Crippen LogP contribution in [0.1, 0.15) is 19.3 Å². The van der Waals surface area contributed by atoms with Crippen LogP contribution in [0.15, 0.2) is 48.5 Å². The van der Waals surface area contributed by atoms with Gasteiger partial charge in [0.05, 0.1) is 6.54 Å². The molecule has 1 N–H and O–H groups in total. The van der Waals surface area contributed by atoms with Crippen molar-refractivity contribution < 1.29 is 18.7 Å². The van der Waals surface area contributed by atoms with Crippen molar-refractivity contribution in [2.75, 3.05) is 51.1 Å². The predicted molar refractivity (Wildman–Crippen MR) is 120 cm³/mol. The van der Waals surface area contributed by atoms with Crippen molar-refractivity contribution >= 4 is 17.6 Å². The number of urea groups is 1. The molecule has 0 bridgehead atoms. The Hall–Kier alpha value is -3.13. The Balaban J connectivity index is 1.22. The molecular weight excluding hydrogens is 411 g/mol. The van der Waals surface area contributed by atoms with Gasteiger partial charge in [0.15, 0.2) is 0 Å². The van der Waals surface area contributed by atoms with Gasteiger partial charge in [-0.1, -0.05) is 6.07 Å². The minimum Gasteiger partial charge on any atom is -0.457 e. The number of hydrogen-bond acceptors (Lipinski definition) is 4. The minimum atomic E-state index is -0.359. The molecule has 2 heterocycles. The zero-order chi connectivity index (χ0) is 22.3. The second-order valence-corrected chi connectivity index (χ2v) is 8.22. The smallest absolute Gasteiger partial charge is 0.321 e. The number of hydrogen-bond donors (Lipinski definition) is 1. The maximum Gasteiger partial charge on any atom is 0.321 e. The molecule has 2 aromatic rings. The zero-order valence-corrected chi connectivity index (χ0v) is 18.1. The number of nitrogens with zero attached hydrogens (tertiary/aromatic N) is 3. The Bertz CT molecular complexity index is 923. The van der Waals surface area contributed by atoms with E-state index in [-0.39, 0.29) is 17.8 Å². The summed E-state index contributed by atoms with van der Waals surface area (Å²) in [5, 5.41) is 2.90. The van der Waals surface area contributed by atoms with Crippen LogP contribution in [-0.2, 0) is 4.79 Å². The second-order valence-electron chi connectivity index (χ2n) is 8.22. The van der Waals surface area contributed by atoms with Gasteiger partial charge in [-0.15, -0.1) is 0 Å². The molecule has 2 aliphatic rings. The predicted octanol–water partition coefficient (Wildman–Crippen LogP) is 3.78. The topological polar surface area (TPSA) is 65.1 Å². The van der Waals surface area contributed by atoms with Crippen molar-refractivity contribution in [1.29, 1.82) is 0 Å². The van der Waals surface area contributed by atoms with Gasteiger partial charge >= 0.3 is 6.03 Å². The average molecular weight is 441 g/mol. The van der Waals surface area contributed by atoms with E-state index >= 15 is 0 Å². The van der Waals surface area contributed by atoms with Gasteiger partial charge in [0.2, 0.25) is 5.91 Å². The molecule has 4 rings (SSSR count). The summed E-state index contributed by atoms with van der Waals surface area (Å²) in [6, 6.07) is 12.7. The van der Waals surface area contributed by atoms with E-state index < -0.39 is 0 Å². The first-order chi connectivity index (χ1) is 15.6. The Morgan fingerprint density at radius 2 is 1.56 bits per heavy atom. The van der Waals surface area contributed by atoms with E-state index in [1.165, 1.54) is 18.6 Å². The standard InChI is InChI=1S/C24H29FN4O3/c25-19-5-4-6-22(17-19)32-21-9-7-20(8-10-21)26-24(31)29-15-13-27(14-16-29)18-23(30)28-11-2-1-3-12-28/h4-10,17H,1-3,11-16,18H2,(H,26,31). The number of likely N-dealkylation sites (tertiary alicyclic amines) is 1. The molecule has 3 amide bonds. The molecule has 0 aliphatic carbocycles. The summed E-state index contributed by atoms with van der Waals surface area (Å²) in [4.78, 5) is 30.9. The summed E-state index contributed by atoms with van der Waals surface area (Å²) in [6.45, 7) is 4.71. The first kappa shape index (κ1) is 22.1. The summed E-state index contributed by atoms with van der Waals surface area (Å²) in [6.07, 6.45) is 3.40. The number of piperidine rings is 1. The largest absolute Gasteiger partial charge is 0.457 e. The second kappa shape index (κ2) is 10.5. The summed E-state index contributed by atoms with van der Waals surface area (Å²) in [7, 11) is 0. The lowest BCUT2D eigenvalue weighted by Gasteiger charge is -2.36. The number of carbonyl (C=O) groups excluding carboxylic acids is 2. The maximum atomic E-state index is 13.3. The third-order valence-corrected chi connectivity index (χ3v) is 5.86. The first-order valence-corrected chi connectivity index (χ1v) is 11.2. The SMILES string of the molecule is O=C(CN1CCN(C(=O)Nc2ccc(Oc3cccc(F)c3)cc2)CC1)N1CCCCC1. The number of amides is 3. The molecule has 2 fully saturated rings.